The summed E-state index contributed by atoms with van der Waals surface area (Å²) < 4.78 is 0. The zero-order chi connectivity index (χ0) is 15.4. The second-order valence-electron chi connectivity index (χ2n) is 5.88. The Balaban J connectivity index is 1.51. The summed E-state index contributed by atoms with van der Waals surface area (Å²) in [5.41, 5.74) is 1.46. The van der Waals surface area contributed by atoms with E-state index in [9.17, 15) is 4.79 Å². The first kappa shape index (κ1) is 15.0. The molecule has 1 fully saturated rings. The number of rotatable bonds is 5. The third-order valence-electron chi connectivity index (χ3n) is 4.38. The number of urea groups is 1. The minimum absolute atomic E-state index is 0.103. The lowest BCUT2D eigenvalue weighted by molar-refractivity contribution is 0.214. The second-order valence-corrected chi connectivity index (χ2v) is 7.20. The molecule has 1 aromatic heterocycles. The lowest BCUT2D eigenvalue weighted by Gasteiger charge is -2.42. The van der Waals surface area contributed by atoms with Crippen LogP contribution in [0.2, 0.25) is 0 Å². The second kappa shape index (κ2) is 6.48. The van der Waals surface area contributed by atoms with Crippen molar-refractivity contribution in [3.63, 3.8) is 0 Å². The van der Waals surface area contributed by atoms with Gasteiger partial charge in [0.25, 0.3) is 0 Å². The fourth-order valence-corrected chi connectivity index (χ4v) is 3.66. The zero-order valence-electron chi connectivity index (χ0n) is 12.8. The van der Waals surface area contributed by atoms with Gasteiger partial charge < -0.3 is 10.6 Å². The summed E-state index contributed by atoms with van der Waals surface area (Å²) in [6.45, 7) is 3.20. The lowest BCUT2D eigenvalue weighted by atomic mass is 9.64. The van der Waals surface area contributed by atoms with Gasteiger partial charge in [0.15, 0.2) is 0 Å². The quantitative estimate of drug-likeness (QED) is 0.889. The Hall–Kier alpha value is -1.88. The molecule has 0 saturated heterocycles. The van der Waals surface area contributed by atoms with Gasteiger partial charge in [0.1, 0.15) is 0 Å². The maximum absolute atomic E-state index is 12.0. The van der Waals surface area contributed by atoms with E-state index in [0.29, 0.717) is 13.1 Å². The van der Waals surface area contributed by atoms with E-state index < -0.39 is 0 Å². The molecule has 0 aliphatic heterocycles. The van der Waals surface area contributed by atoms with E-state index in [-0.39, 0.29) is 11.4 Å². The number of hydrogen-bond donors (Lipinski definition) is 2. The lowest BCUT2D eigenvalue weighted by Crippen LogP contribution is -2.48. The smallest absolute Gasteiger partial charge is 0.315 e. The van der Waals surface area contributed by atoms with Crippen LogP contribution in [0.4, 0.5) is 4.79 Å². The average molecular weight is 315 g/mol. The summed E-state index contributed by atoms with van der Waals surface area (Å²) in [7, 11) is 0. The fraction of sp³-hybridized carbons (Fsp3) is 0.412. The Morgan fingerprint density at radius 3 is 2.64 bits per heavy atom. The van der Waals surface area contributed by atoms with Crippen LogP contribution >= 0.6 is 11.3 Å². The standard InChI is InChI=1S/C17H21N3OS/c1-13-18-10-15(22-13)11-19-16(21)20-12-17(8-5-9-17)14-6-3-2-4-7-14/h2-4,6-7,10H,5,8-9,11-12H2,1H3,(H2,19,20,21). The summed E-state index contributed by atoms with van der Waals surface area (Å²) in [6.07, 6.45) is 5.34. The van der Waals surface area contributed by atoms with Gasteiger partial charge in [-0.1, -0.05) is 36.8 Å². The number of nitrogens with one attached hydrogen (secondary N) is 2. The van der Waals surface area contributed by atoms with Gasteiger partial charge >= 0.3 is 6.03 Å². The zero-order valence-corrected chi connectivity index (χ0v) is 13.6. The van der Waals surface area contributed by atoms with Crippen molar-refractivity contribution in [3.8, 4) is 0 Å². The highest BCUT2D eigenvalue weighted by atomic mass is 32.1. The number of benzene rings is 1. The number of thiazole rings is 1. The van der Waals surface area contributed by atoms with Gasteiger partial charge in [-0.05, 0) is 25.3 Å². The molecule has 0 bridgehead atoms. The van der Waals surface area contributed by atoms with Crippen LogP contribution in [0, 0.1) is 6.92 Å². The summed E-state index contributed by atoms with van der Waals surface area (Å²) >= 11 is 1.61. The van der Waals surface area contributed by atoms with Crippen LogP contribution in [0.25, 0.3) is 0 Å². The third-order valence-corrected chi connectivity index (χ3v) is 5.29. The first-order chi connectivity index (χ1) is 10.7. The van der Waals surface area contributed by atoms with Crippen molar-refractivity contribution >= 4 is 17.4 Å². The van der Waals surface area contributed by atoms with Gasteiger partial charge in [-0.15, -0.1) is 11.3 Å². The van der Waals surface area contributed by atoms with E-state index in [1.807, 2.05) is 19.2 Å². The molecule has 1 aliphatic carbocycles. The SMILES string of the molecule is Cc1ncc(CNC(=O)NCC2(c3ccccc3)CCC2)s1. The van der Waals surface area contributed by atoms with Crippen molar-refractivity contribution in [1.82, 2.24) is 15.6 Å². The molecular weight excluding hydrogens is 294 g/mol. The van der Waals surface area contributed by atoms with Gasteiger partial charge in [-0.3, -0.25) is 0 Å². The van der Waals surface area contributed by atoms with Crippen molar-refractivity contribution in [2.24, 2.45) is 0 Å². The molecule has 0 atom stereocenters. The van der Waals surface area contributed by atoms with Crippen LogP contribution in [-0.4, -0.2) is 17.6 Å². The molecule has 1 aliphatic rings. The number of aromatic nitrogens is 1. The van der Waals surface area contributed by atoms with E-state index >= 15 is 0 Å². The van der Waals surface area contributed by atoms with E-state index in [1.54, 1.807) is 11.3 Å². The van der Waals surface area contributed by atoms with Crippen molar-refractivity contribution in [2.75, 3.05) is 6.54 Å². The predicted molar refractivity (Wildman–Crippen MR) is 89.1 cm³/mol. The summed E-state index contributed by atoms with van der Waals surface area (Å²) in [6, 6.07) is 10.4. The van der Waals surface area contributed by atoms with Crippen molar-refractivity contribution < 1.29 is 4.79 Å². The van der Waals surface area contributed by atoms with Gasteiger partial charge in [-0.2, -0.15) is 0 Å². The molecule has 1 heterocycles. The summed E-state index contributed by atoms with van der Waals surface area (Å²) in [4.78, 5) is 17.3. The van der Waals surface area contributed by atoms with Gasteiger partial charge in [0, 0.05) is 23.0 Å². The molecule has 22 heavy (non-hydrogen) atoms. The number of carbonyl (C=O) groups excluding carboxylic acids is 1. The van der Waals surface area contributed by atoms with Crippen LogP contribution < -0.4 is 10.6 Å². The van der Waals surface area contributed by atoms with Crippen LogP contribution in [-0.2, 0) is 12.0 Å². The van der Waals surface area contributed by atoms with Crippen LogP contribution in [0.1, 0.15) is 34.7 Å². The van der Waals surface area contributed by atoms with Gasteiger partial charge in [0.05, 0.1) is 11.6 Å². The highest BCUT2D eigenvalue weighted by Gasteiger charge is 2.38. The molecule has 2 N–H and O–H groups in total. The topological polar surface area (TPSA) is 54.0 Å². The highest BCUT2D eigenvalue weighted by Crippen LogP contribution is 2.43. The number of aryl methyl sites for hydroxylation is 1. The summed E-state index contributed by atoms with van der Waals surface area (Å²) in [5, 5.41) is 6.96. The van der Waals surface area contributed by atoms with E-state index in [0.717, 1.165) is 22.7 Å². The van der Waals surface area contributed by atoms with Crippen LogP contribution in [0.3, 0.4) is 0 Å². The third kappa shape index (κ3) is 3.30. The molecule has 0 spiro atoms. The minimum atomic E-state index is -0.103. The molecule has 1 aromatic carbocycles. The number of nitrogens with zero attached hydrogens (tertiary/aromatic N) is 1. The van der Waals surface area contributed by atoms with E-state index in [2.05, 4.69) is 39.9 Å². The highest BCUT2D eigenvalue weighted by molar-refractivity contribution is 7.11. The maximum atomic E-state index is 12.0. The normalized spacial score (nSPS) is 15.9. The molecule has 3 rings (SSSR count). The average Bonchev–Trinajstić information content (AvgIpc) is 2.91. The largest absolute Gasteiger partial charge is 0.337 e. The molecule has 5 heteroatoms. The molecule has 0 radical (unpaired) electrons. The molecule has 116 valence electrons. The van der Waals surface area contributed by atoms with E-state index in [4.69, 9.17) is 0 Å². The van der Waals surface area contributed by atoms with E-state index in [1.165, 1.54) is 12.0 Å². The van der Waals surface area contributed by atoms with Crippen molar-refractivity contribution in [1.29, 1.82) is 0 Å². The molecule has 1 saturated carbocycles. The number of carbonyl (C=O) groups is 1. The monoisotopic (exact) mass is 315 g/mol. The van der Waals surface area contributed by atoms with Crippen molar-refractivity contribution in [2.45, 2.75) is 38.1 Å². The number of hydrogen-bond acceptors (Lipinski definition) is 3. The first-order valence-corrected chi connectivity index (χ1v) is 8.48. The number of amides is 2. The molecule has 2 aromatic rings. The molecule has 4 nitrogen and oxygen atoms in total. The first-order valence-electron chi connectivity index (χ1n) is 7.66. The van der Waals surface area contributed by atoms with Crippen molar-refractivity contribution in [3.05, 3.63) is 52.0 Å². The molecule has 0 unspecified atom stereocenters. The van der Waals surface area contributed by atoms with Gasteiger partial charge in [-0.25, -0.2) is 9.78 Å². The van der Waals surface area contributed by atoms with Crippen LogP contribution in [0.5, 0.6) is 0 Å². The molecule has 2 amide bonds. The molecular formula is C17H21N3OS. The Morgan fingerprint density at radius 1 is 1.27 bits per heavy atom. The fourth-order valence-electron chi connectivity index (χ4n) is 2.93. The Kier molecular flexibility index (Phi) is 4.43. The van der Waals surface area contributed by atoms with Crippen LogP contribution in [0.15, 0.2) is 36.5 Å². The Bertz CT molecular complexity index is 634. The Morgan fingerprint density at radius 2 is 2.05 bits per heavy atom. The minimum Gasteiger partial charge on any atom is -0.337 e. The maximum Gasteiger partial charge on any atom is 0.315 e. The Labute approximate surface area is 135 Å². The summed E-state index contributed by atoms with van der Waals surface area (Å²) in [5.74, 6) is 0. The van der Waals surface area contributed by atoms with Gasteiger partial charge in [0.2, 0.25) is 0 Å². The predicted octanol–water partition coefficient (Wildman–Crippen LogP) is 3.37.